The van der Waals surface area contributed by atoms with E-state index in [1.807, 2.05) is 13.0 Å². The van der Waals surface area contributed by atoms with E-state index in [4.69, 9.17) is 4.74 Å². The highest BCUT2D eigenvalue weighted by molar-refractivity contribution is 6.09. The van der Waals surface area contributed by atoms with Gasteiger partial charge in [-0.15, -0.1) is 0 Å². The van der Waals surface area contributed by atoms with Crippen molar-refractivity contribution in [3.8, 4) is 0 Å². The maximum absolute atomic E-state index is 14.0. The number of hydrogen-bond donors (Lipinski definition) is 3. The summed E-state index contributed by atoms with van der Waals surface area (Å²) in [5.74, 6) is -0.445. The summed E-state index contributed by atoms with van der Waals surface area (Å²) in [4.78, 5) is 27.7. The number of aliphatic hydroxyl groups excluding tert-OH is 2. The van der Waals surface area contributed by atoms with Gasteiger partial charge in [0, 0.05) is 31.4 Å². The van der Waals surface area contributed by atoms with E-state index in [0.29, 0.717) is 18.8 Å². The van der Waals surface area contributed by atoms with E-state index in [0.717, 1.165) is 12.0 Å². The van der Waals surface area contributed by atoms with Gasteiger partial charge in [0.1, 0.15) is 11.5 Å². The second kappa shape index (κ2) is 9.16. The topological polar surface area (TPSA) is 95.9 Å². The van der Waals surface area contributed by atoms with E-state index in [1.165, 1.54) is 12.7 Å². The maximum atomic E-state index is 14.0. The van der Waals surface area contributed by atoms with Crippen LogP contribution >= 0.6 is 0 Å². The summed E-state index contributed by atoms with van der Waals surface area (Å²) in [5.41, 5.74) is 0.994. The molecule has 3 rings (SSSR count). The first-order chi connectivity index (χ1) is 14.5. The standard InChI is InChI=1S/C25H39NO5/c1-13(2)9-18-22-16(5)15(4)11-17-10-14(3)7-8-19(27)23(29)20(31-6)12-21(28)25(17,22)24(30)26-18/h10-11,13,16-20,22-23,27,29H,7-9,12H2,1-6H3,(H,26,30)/b14-10-/t16-,17+,18-,19+,20-,22+,23-,25+/m1/s1. The van der Waals surface area contributed by atoms with Gasteiger partial charge in [0.05, 0.1) is 12.2 Å². The highest BCUT2D eigenvalue weighted by atomic mass is 16.5. The first-order valence-corrected chi connectivity index (χ1v) is 11.6. The molecule has 1 amide bonds. The number of amides is 1. The van der Waals surface area contributed by atoms with Crippen molar-refractivity contribution in [1.29, 1.82) is 0 Å². The fourth-order valence-corrected chi connectivity index (χ4v) is 6.08. The lowest BCUT2D eigenvalue weighted by Gasteiger charge is -2.45. The monoisotopic (exact) mass is 433 g/mol. The molecule has 6 nitrogen and oxygen atoms in total. The van der Waals surface area contributed by atoms with Crippen LogP contribution in [0.4, 0.5) is 0 Å². The van der Waals surface area contributed by atoms with E-state index < -0.39 is 23.7 Å². The Morgan fingerprint density at radius 2 is 1.90 bits per heavy atom. The van der Waals surface area contributed by atoms with Crippen LogP contribution in [0.5, 0.6) is 0 Å². The van der Waals surface area contributed by atoms with Crippen LogP contribution in [0.25, 0.3) is 0 Å². The zero-order valence-corrected chi connectivity index (χ0v) is 19.7. The molecule has 0 aromatic carbocycles. The summed E-state index contributed by atoms with van der Waals surface area (Å²) in [6, 6.07) is -0.0760. The summed E-state index contributed by atoms with van der Waals surface area (Å²) in [6.45, 7) is 10.4. The Morgan fingerprint density at radius 3 is 2.52 bits per heavy atom. The quantitative estimate of drug-likeness (QED) is 0.470. The molecular formula is C25H39NO5. The predicted molar refractivity (Wildman–Crippen MR) is 119 cm³/mol. The number of carbonyl (C=O) groups is 2. The van der Waals surface area contributed by atoms with Crippen molar-refractivity contribution < 1.29 is 24.5 Å². The fraction of sp³-hybridized carbons (Fsp3) is 0.760. The number of ether oxygens (including phenoxy) is 1. The third kappa shape index (κ3) is 4.14. The molecule has 174 valence electrons. The normalized spacial score (nSPS) is 43.3. The van der Waals surface area contributed by atoms with Crippen molar-refractivity contribution in [2.45, 2.75) is 84.7 Å². The van der Waals surface area contributed by atoms with Crippen LogP contribution in [-0.2, 0) is 14.3 Å². The number of methoxy groups -OCH3 is 1. The number of aliphatic hydroxyl groups is 2. The Morgan fingerprint density at radius 1 is 1.23 bits per heavy atom. The van der Waals surface area contributed by atoms with Crippen LogP contribution in [0.15, 0.2) is 23.3 Å². The zero-order chi connectivity index (χ0) is 23.1. The average Bonchev–Trinajstić information content (AvgIpc) is 2.98. The molecule has 3 N–H and O–H groups in total. The molecule has 0 bridgehead atoms. The Hall–Kier alpha value is -1.50. The molecule has 2 aliphatic carbocycles. The smallest absolute Gasteiger partial charge is 0.235 e. The highest BCUT2D eigenvalue weighted by Crippen LogP contribution is 2.55. The van der Waals surface area contributed by atoms with Gasteiger partial charge in [-0.1, -0.05) is 44.1 Å². The lowest BCUT2D eigenvalue weighted by atomic mass is 9.54. The van der Waals surface area contributed by atoms with Gasteiger partial charge in [-0.3, -0.25) is 9.59 Å². The molecule has 1 fully saturated rings. The SMILES string of the molecule is CO[C@@H]1CC(=O)[C@]23C(=O)N[C@H](CC(C)C)[C@@H]2[C@H](C)C(C)=C[C@@H]3/C=C(/C)CC[C@H](O)[C@H]1O. The van der Waals surface area contributed by atoms with E-state index in [9.17, 15) is 19.8 Å². The molecule has 31 heavy (non-hydrogen) atoms. The molecule has 3 aliphatic rings. The van der Waals surface area contributed by atoms with Crippen LogP contribution in [0.1, 0.15) is 60.3 Å². The summed E-state index contributed by atoms with van der Waals surface area (Å²) in [6.07, 6.45) is 2.79. The molecule has 1 heterocycles. The Labute approximate surface area is 186 Å². The Balaban J connectivity index is 2.19. The minimum Gasteiger partial charge on any atom is -0.390 e. The third-order valence-electron chi connectivity index (χ3n) is 7.83. The average molecular weight is 434 g/mol. The molecule has 0 radical (unpaired) electrons. The van der Waals surface area contributed by atoms with Gasteiger partial charge in [-0.2, -0.15) is 0 Å². The van der Waals surface area contributed by atoms with Crippen molar-refractivity contribution in [3.05, 3.63) is 23.3 Å². The molecule has 1 aliphatic heterocycles. The first kappa shape index (κ1) is 24.1. The summed E-state index contributed by atoms with van der Waals surface area (Å²) in [7, 11) is 1.44. The van der Waals surface area contributed by atoms with Gasteiger partial charge in [0.2, 0.25) is 5.91 Å². The number of rotatable bonds is 3. The number of carbonyl (C=O) groups excluding carboxylic acids is 2. The van der Waals surface area contributed by atoms with Crippen LogP contribution in [0, 0.1) is 29.1 Å². The van der Waals surface area contributed by atoms with E-state index in [1.54, 1.807) is 0 Å². The van der Waals surface area contributed by atoms with Gasteiger partial charge >= 0.3 is 0 Å². The van der Waals surface area contributed by atoms with Crippen LogP contribution in [0.3, 0.4) is 0 Å². The van der Waals surface area contributed by atoms with Crippen molar-refractivity contribution in [1.82, 2.24) is 5.32 Å². The molecule has 0 aromatic heterocycles. The van der Waals surface area contributed by atoms with Gasteiger partial charge in [0.15, 0.2) is 5.78 Å². The van der Waals surface area contributed by atoms with E-state index >= 15 is 0 Å². The number of hydrogen-bond acceptors (Lipinski definition) is 5. The van der Waals surface area contributed by atoms with Crippen LogP contribution in [-0.4, -0.2) is 53.4 Å². The van der Waals surface area contributed by atoms with Gasteiger partial charge in [-0.25, -0.2) is 0 Å². The summed E-state index contributed by atoms with van der Waals surface area (Å²) in [5, 5.41) is 24.3. The largest absolute Gasteiger partial charge is 0.390 e. The minimum atomic E-state index is -1.22. The van der Waals surface area contributed by atoms with Crippen LogP contribution in [0.2, 0.25) is 0 Å². The molecule has 8 atom stereocenters. The predicted octanol–water partition coefficient (Wildman–Crippen LogP) is 2.78. The molecule has 1 spiro atoms. The fourth-order valence-electron chi connectivity index (χ4n) is 6.08. The minimum absolute atomic E-state index is 0.0760. The highest BCUT2D eigenvalue weighted by Gasteiger charge is 2.65. The molecular weight excluding hydrogens is 394 g/mol. The summed E-state index contributed by atoms with van der Waals surface area (Å²) >= 11 is 0. The molecule has 1 saturated heterocycles. The number of Topliss-reactive ketones (excluding diaryl/α,β-unsaturated/α-hetero) is 1. The van der Waals surface area contributed by atoms with Crippen molar-refractivity contribution in [3.63, 3.8) is 0 Å². The maximum Gasteiger partial charge on any atom is 0.235 e. The molecule has 0 saturated carbocycles. The lowest BCUT2D eigenvalue weighted by molar-refractivity contribution is -0.149. The molecule has 0 unspecified atom stereocenters. The summed E-state index contributed by atoms with van der Waals surface area (Å²) < 4.78 is 5.45. The lowest BCUT2D eigenvalue weighted by Crippen LogP contribution is -2.54. The third-order valence-corrected chi connectivity index (χ3v) is 7.83. The molecule has 0 aromatic rings. The number of ketones is 1. The first-order valence-electron chi connectivity index (χ1n) is 11.6. The van der Waals surface area contributed by atoms with Gasteiger partial charge in [-0.05, 0) is 44.9 Å². The van der Waals surface area contributed by atoms with Crippen LogP contribution < -0.4 is 5.32 Å². The Kier molecular flexibility index (Phi) is 7.14. The second-order valence-corrected chi connectivity index (χ2v) is 10.3. The zero-order valence-electron chi connectivity index (χ0n) is 19.7. The van der Waals surface area contributed by atoms with E-state index in [-0.39, 0.29) is 41.9 Å². The van der Waals surface area contributed by atoms with Gasteiger partial charge < -0.3 is 20.3 Å². The Bertz CT molecular complexity index is 772. The van der Waals surface area contributed by atoms with Crippen molar-refractivity contribution >= 4 is 11.7 Å². The van der Waals surface area contributed by atoms with Crippen molar-refractivity contribution in [2.75, 3.05) is 7.11 Å². The number of nitrogens with one attached hydrogen (secondary N) is 1. The van der Waals surface area contributed by atoms with Gasteiger partial charge in [0.25, 0.3) is 0 Å². The second-order valence-electron chi connectivity index (χ2n) is 10.3. The molecule has 6 heteroatoms. The van der Waals surface area contributed by atoms with Crippen molar-refractivity contribution in [2.24, 2.45) is 29.1 Å². The van der Waals surface area contributed by atoms with E-state index in [2.05, 4.69) is 39.1 Å². The number of allylic oxidation sites excluding steroid dienone is 4.